The molecule has 0 unspecified atom stereocenters. The molecule has 0 saturated carbocycles. The Morgan fingerprint density at radius 2 is 2.18 bits per heavy atom. The molecule has 0 amide bonds. The first-order chi connectivity index (χ1) is 8.38. The van der Waals surface area contributed by atoms with Crippen LogP contribution in [0.2, 0.25) is 0 Å². The van der Waals surface area contributed by atoms with Gasteiger partial charge in [-0.05, 0) is 18.1 Å². The van der Waals surface area contributed by atoms with E-state index in [0.717, 1.165) is 30.7 Å². The van der Waals surface area contributed by atoms with Gasteiger partial charge in [0.1, 0.15) is 0 Å². The van der Waals surface area contributed by atoms with Crippen molar-refractivity contribution in [3.8, 4) is 6.07 Å². The summed E-state index contributed by atoms with van der Waals surface area (Å²) in [5.74, 6) is 0. The number of nitrogens with zero attached hydrogens (tertiary/aromatic N) is 1. The van der Waals surface area contributed by atoms with Crippen LogP contribution in [0.15, 0.2) is 36.9 Å². The second-order valence-corrected chi connectivity index (χ2v) is 3.64. The lowest BCUT2D eigenvalue weighted by molar-refractivity contribution is 0.140. The van der Waals surface area contributed by atoms with Crippen molar-refractivity contribution in [2.24, 2.45) is 0 Å². The fraction of sp³-hybridized carbons (Fsp3) is 0.357. The number of benzene rings is 1. The van der Waals surface area contributed by atoms with Crippen LogP contribution in [-0.4, -0.2) is 19.8 Å². The van der Waals surface area contributed by atoms with E-state index in [4.69, 9.17) is 10.00 Å². The Labute approximate surface area is 103 Å². The molecule has 0 radical (unpaired) electrons. The number of rotatable bonds is 8. The maximum absolute atomic E-state index is 8.91. The first kappa shape index (κ1) is 13.4. The highest BCUT2D eigenvalue weighted by atomic mass is 16.5. The van der Waals surface area contributed by atoms with Gasteiger partial charge in [0.15, 0.2) is 0 Å². The molecule has 17 heavy (non-hydrogen) atoms. The van der Waals surface area contributed by atoms with Crippen molar-refractivity contribution in [1.82, 2.24) is 5.32 Å². The third-order valence-corrected chi connectivity index (χ3v) is 2.34. The van der Waals surface area contributed by atoms with Gasteiger partial charge in [0.05, 0.1) is 24.8 Å². The Kier molecular flexibility index (Phi) is 6.73. The van der Waals surface area contributed by atoms with E-state index in [-0.39, 0.29) is 0 Å². The van der Waals surface area contributed by atoms with E-state index in [2.05, 4.69) is 18.0 Å². The molecule has 0 atom stereocenters. The van der Waals surface area contributed by atoms with Crippen molar-refractivity contribution in [2.45, 2.75) is 13.0 Å². The molecular formula is C14H18N2O. The van der Waals surface area contributed by atoms with Gasteiger partial charge in [-0.25, -0.2) is 0 Å². The SMILES string of the molecule is C=CCCOCCNCc1ccccc1C#N. The number of nitriles is 1. The molecule has 0 aromatic heterocycles. The molecule has 3 nitrogen and oxygen atoms in total. The summed E-state index contributed by atoms with van der Waals surface area (Å²) in [6.45, 7) is 6.52. The third kappa shape index (κ3) is 5.30. The number of nitrogens with one attached hydrogen (secondary N) is 1. The second-order valence-electron chi connectivity index (χ2n) is 3.64. The molecular weight excluding hydrogens is 212 g/mol. The third-order valence-electron chi connectivity index (χ3n) is 2.34. The number of hydrogen-bond donors (Lipinski definition) is 1. The average molecular weight is 230 g/mol. The molecule has 0 bridgehead atoms. The molecule has 0 heterocycles. The van der Waals surface area contributed by atoms with Crippen LogP contribution < -0.4 is 5.32 Å². The highest BCUT2D eigenvalue weighted by molar-refractivity contribution is 5.37. The Balaban J connectivity index is 2.18. The van der Waals surface area contributed by atoms with Crippen LogP contribution in [0.3, 0.4) is 0 Å². The van der Waals surface area contributed by atoms with Crippen LogP contribution in [0.25, 0.3) is 0 Å². The van der Waals surface area contributed by atoms with Gasteiger partial charge in [-0.15, -0.1) is 6.58 Å². The fourth-order valence-corrected chi connectivity index (χ4v) is 1.42. The summed E-state index contributed by atoms with van der Waals surface area (Å²) < 4.78 is 5.37. The molecule has 1 aromatic rings. The van der Waals surface area contributed by atoms with Crippen molar-refractivity contribution in [2.75, 3.05) is 19.8 Å². The van der Waals surface area contributed by atoms with Crippen LogP contribution in [0.4, 0.5) is 0 Å². The first-order valence-electron chi connectivity index (χ1n) is 5.76. The zero-order valence-corrected chi connectivity index (χ0v) is 9.98. The molecule has 1 N–H and O–H groups in total. The lowest BCUT2D eigenvalue weighted by Gasteiger charge is -2.06. The lowest BCUT2D eigenvalue weighted by atomic mass is 10.1. The Bertz CT molecular complexity index is 382. The van der Waals surface area contributed by atoms with Crippen LogP contribution in [-0.2, 0) is 11.3 Å². The minimum absolute atomic E-state index is 0.683. The molecule has 0 saturated heterocycles. The summed E-state index contributed by atoms with van der Waals surface area (Å²) in [5, 5.41) is 12.2. The minimum atomic E-state index is 0.683. The highest BCUT2D eigenvalue weighted by Gasteiger charge is 1.99. The van der Waals surface area contributed by atoms with E-state index in [1.54, 1.807) is 0 Å². The van der Waals surface area contributed by atoms with Crippen LogP contribution >= 0.6 is 0 Å². The van der Waals surface area contributed by atoms with Gasteiger partial charge in [-0.2, -0.15) is 5.26 Å². The van der Waals surface area contributed by atoms with Crippen LogP contribution in [0.5, 0.6) is 0 Å². The highest BCUT2D eigenvalue weighted by Crippen LogP contribution is 2.06. The average Bonchev–Trinajstić information content (AvgIpc) is 2.38. The molecule has 0 spiro atoms. The first-order valence-corrected chi connectivity index (χ1v) is 5.76. The molecule has 0 aliphatic rings. The van der Waals surface area contributed by atoms with E-state index in [1.807, 2.05) is 30.3 Å². The van der Waals surface area contributed by atoms with Crippen molar-refractivity contribution < 1.29 is 4.74 Å². The smallest absolute Gasteiger partial charge is 0.0995 e. The molecule has 3 heteroatoms. The second kappa shape index (κ2) is 8.51. The summed E-state index contributed by atoms with van der Waals surface area (Å²) in [6.07, 6.45) is 2.73. The topological polar surface area (TPSA) is 45.0 Å². The standard InChI is InChI=1S/C14H18N2O/c1-2-3-9-17-10-8-16-12-14-7-5-4-6-13(14)11-15/h2,4-7,16H,1,3,8-10,12H2. The van der Waals surface area contributed by atoms with Gasteiger partial charge in [0.2, 0.25) is 0 Å². The summed E-state index contributed by atoms with van der Waals surface area (Å²) in [6, 6.07) is 9.79. The van der Waals surface area contributed by atoms with Gasteiger partial charge in [0.25, 0.3) is 0 Å². The van der Waals surface area contributed by atoms with E-state index >= 15 is 0 Å². The van der Waals surface area contributed by atoms with Crippen molar-refractivity contribution in [3.63, 3.8) is 0 Å². The van der Waals surface area contributed by atoms with Gasteiger partial charge < -0.3 is 10.1 Å². The summed E-state index contributed by atoms with van der Waals surface area (Å²) >= 11 is 0. The van der Waals surface area contributed by atoms with Gasteiger partial charge >= 0.3 is 0 Å². The summed E-state index contributed by atoms with van der Waals surface area (Å²) in [4.78, 5) is 0. The van der Waals surface area contributed by atoms with E-state index in [9.17, 15) is 0 Å². The number of ether oxygens (including phenoxy) is 1. The van der Waals surface area contributed by atoms with E-state index < -0.39 is 0 Å². The normalized spacial score (nSPS) is 9.82. The molecule has 90 valence electrons. The maximum atomic E-state index is 8.91. The Morgan fingerprint density at radius 1 is 1.35 bits per heavy atom. The fourth-order valence-electron chi connectivity index (χ4n) is 1.42. The predicted octanol–water partition coefficient (Wildman–Crippen LogP) is 2.24. The van der Waals surface area contributed by atoms with Crippen LogP contribution in [0.1, 0.15) is 17.5 Å². The van der Waals surface area contributed by atoms with Crippen molar-refractivity contribution in [3.05, 3.63) is 48.0 Å². The largest absolute Gasteiger partial charge is 0.380 e. The summed E-state index contributed by atoms with van der Waals surface area (Å²) in [5.41, 5.74) is 1.76. The van der Waals surface area contributed by atoms with Gasteiger partial charge in [-0.1, -0.05) is 24.3 Å². The molecule has 1 aromatic carbocycles. The van der Waals surface area contributed by atoms with Crippen LogP contribution in [0, 0.1) is 11.3 Å². The van der Waals surface area contributed by atoms with Crippen molar-refractivity contribution >= 4 is 0 Å². The molecule has 0 fully saturated rings. The maximum Gasteiger partial charge on any atom is 0.0995 e. The minimum Gasteiger partial charge on any atom is -0.380 e. The quantitative estimate of drug-likeness (QED) is 0.550. The predicted molar refractivity (Wildman–Crippen MR) is 68.5 cm³/mol. The van der Waals surface area contributed by atoms with E-state index in [0.29, 0.717) is 13.2 Å². The lowest BCUT2D eigenvalue weighted by Crippen LogP contribution is -2.20. The number of hydrogen-bond acceptors (Lipinski definition) is 3. The molecule has 1 rings (SSSR count). The van der Waals surface area contributed by atoms with E-state index in [1.165, 1.54) is 0 Å². The summed E-state index contributed by atoms with van der Waals surface area (Å²) in [7, 11) is 0. The molecule has 0 aliphatic carbocycles. The van der Waals surface area contributed by atoms with Gasteiger partial charge in [-0.3, -0.25) is 0 Å². The molecule has 0 aliphatic heterocycles. The zero-order chi connectivity index (χ0) is 12.3. The Hall–Kier alpha value is -1.63. The monoisotopic (exact) mass is 230 g/mol. The van der Waals surface area contributed by atoms with Crippen molar-refractivity contribution in [1.29, 1.82) is 5.26 Å². The Morgan fingerprint density at radius 3 is 2.94 bits per heavy atom. The van der Waals surface area contributed by atoms with Gasteiger partial charge in [0, 0.05) is 13.1 Å². The zero-order valence-electron chi connectivity index (χ0n) is 9.98.